The molecule has 0 aromatic heterocycles. The number of hydrogen-bond acceptors (Lipinski definition) is 2. The average Bonchev–Trinajstić information content (AvgIpc) is 2.39. The molecule has 2 aromatic rings. The van der Waals surface area contributed by atoms with Crippen LogP contribution in [0.25, 0.3) is 0 Å². The molecule has 0 aliphatic heterocycles. The van der Waals surface area contributed by atoms with Crippen LogP contribution in [0.2, 0.25) is 15.1 Å². The molecular weight excluding hydrogens is 420 g/mol. The van der Waals surface area contributed by atoms with E-state index in [2.05, 4.69) is 20.7 Å². The quantitative estimate of drug-likeness (QED) is 0.698. The molecule has 112 valence electrons. The maximum Gasteiger partial charge on any atom is 0.263 e. The van der Waals surface area contributed by atoms with Gasteiger partial charge in [-0.25, -0.2) is 8.42 Å². The Balaban J connectivity index is 2.50. The molecule has 21 heavy (non-hydrogen) atoms. The lowest BCUT2D eigenvalue weighted by Crippen LogP contribution is -2.14. The molecule has 0 heterocycles. The first-order valence-corrected chi connectivity index (χ1v) is 9.06. The van der Waals surface area contributed by atoms with Gasteiger partial charge in [0.1, 0.15) is 4.90 Å². The van der Waals surface area contributed by atoms with Gasteiger partial charge in [0.15, 0.2) is 0 Å². The predicted octanol–water partition coefficient (Wildman–Crippen LogP) is 5.52. The molecule has 0 unspecified atom stereocenters. The Bertz CT molecular complexity index is 809. The van der Waals surface area contributed by atoms with E-state index in [9.17, 15) is 8.42 Å². The van der Waals surface area contributed by atoms with Gasteiger partial charge in [0, 0.05) is 4.47 Å². The van der Waals surface area contributed by atoms with Crippen LogP contribution in [0.1, 0.15) is 5.56 Å². The summed E-state index contributed by atoms with van der Waals surface area (Å²) in [7, 11) is -3.89. The van der Waals surface area contributed by atoms with Gasteiger partial charge >= 0.3 is 0 Å². The fraction of sp³-hybridized carbons (Fsp3) is 0.0769. The summed E-state index contributed by atoms with van der Waals surface area (Å²) >= 11 is 21.3. The highest BCUT2D eigenvalue weighted by Gasteiger charge is 2.21. The van der Waals surface area contributed by atoms with Crippen molar-refractivity contribution in [3.63, 3.8) is 0 Å². The summed E-state index contributed by atoms with van der Waals surface area (Å²) < 4.78 is 27.9. The molecule has 0 saturated heterocycles. The highest BCUT2D eigenvalue weighted by atomic mass is 79.9. The summed E-state index contributed by atoms with van der Waals surface area (Å²) in [4.78, 5) is -0.0546. The monoisotopic (exact) mass is 427 g/mol. The molecule has 8 heteroatoms. The van der Waals surface area contributed by atoms with Crippen LogP contribution in [-0.2, 0) is 10.0 Å². The zero-order chi connectivity index (χ0) is 15.8. The highest BCUT2D eigenvalue weighted by molar-refractivity contribution is 9.10. The van der Waals surface area contributed by atoms with Crippen LogP contribution < -0.4 is 4.72 Å². The Morgan fingerprint density at radius 2 is 1.71 bits per heavy atom. The molecule has 0 aliphatic rings. The molecule has 0 bridgehead atoms. The van der Waals surface area contributed by atoms with E-state index in [0.717, 1.165) is 0 Å². The van der Waals surface area contributed by atoms with E-state index < -0.39 is 10.0 Å². The molecule has 0 atom stereocenters. The van der Waals surface area contributed by atoms with Crippen molar-refractivity contribution in [2.45, 2.75) is 11.8 Å². The lowest BCUT2D eigenvalue weighted by Gasteiger charge is -2.13. The lowest BCUT2D eigenvalue weighted by molar-refractivity contribution is 0.601. The van der Waals surface area contributed by atoms with Gasteiger partial charge in [-0.2, -0.15) is 0 Å². The van der Waals surface area contributed by atoms with Crippen molar-refractivity contribution in [3.8, 4) is 0 Å². The minimum atomic E-state index is -3.89. The maximum absolute atomic E-state index is 12.4. The van der Waals surface area contributed by atoms with Crippen molar-refractivity contribution >= 4 is 66.4 Å². The van der Waals surface area contributed by atoms with Gasteiger partial charge in [-0.1, -0.05) is 56.8 Å². The average molecular weight is 430 g/mol. The lowest BCUT2D eigenvalue weighted by atomic mass is 10.2. The number of benzene rings is 2. The Labute approximate surface area is 146 Å². The van der Waals surface area contributed by atoms with Gasteiger partial charge in [-0.05, 0) is 36.8 Å². The van der Waals surface area contributed by atoms with Crippen molar-refractivity contribution in [1.29, 1.82) is 0 Å². The van der Waals surface area contributed by atoms with Crippen molar-refractivity contribution in [3.05, 3.63) is 55.4 Å². The van der Waals surface area contributed by atoms with Crippen LogP contribution in [0, 0.1) is 6.92 Å². The predicted molar refractivity (Wildman–Crippen MR) is 91.2 cm³/mol. The first-order chi connectivity index (χ1) is 9.72. The minimum absolute atomic E-state index is 0.0546. The smallest absolute Gasteiger partial charge is 0.263 e. The van der Waals surface area contributed by atoms with Gasteiger partial charge < -0.3 is 0 Å². The van der Waals surface area contributed by atoms with Crippen LogP contribution in [0.4, 0.5) is 5.69 Å². The third kappa shape index (κ3) is 3.66. The van der Waals surface area contributed by atoms with Crippen molar-refractivity contribution < 1.29 is 8.42 Å². The summed E-state index contributed by atoms with van der Waals surface area (Å²) in [5.74, 6) is 0. The van der Waals surface area contributed by atoms with Gasteiger partial charge in [-0.15, -0.1) is 0 Å². The fourth-order valence-corrected chi connectivity index (χ4v) is 4.34. The van der Waals surface area contributed by atoms with Crippen LogP contribution in [0.3, 0.4) is 0 Å². The van der Waals surface area contributed by atoms with E-state index in [4.69, 9.17) is 34.8 Å². The summed E-state index contributed by atoms with van der Waals surface area (Å²) in [6, 6.07) is 7.75. The third-order valence-corrected chi connectivity index (χ3v) is 5.83. The van der Waals surface area contributed by atoms with Crippen molar-refractivity contribution in [2.75, 3.05) is 4.72 Å². The number of rotatable bonds is 3. The summed E-state index contributed by atoms with van der Waals surface area (Å²) in [6.07, 6.45) is 0. The van der Waals surface area contributed by atoms with Gasteiger partial charge in [0.25, 0.3) is 10.0 Å². The topological polar surface area (TPSA) is 46.2 Å². The van der Waals surface area contributed by atoms with E-state index in [-0.39, 0.29) is 25.7 Å². The molecule has 0 fully saturated rings. The number of aryl methyl sites for hydroxylation is 1. The van der Waals surface area contributed by atoms with Crippen LogP contribution in [-0.4, -0.2) is 8.42 Å². The molecule has 0 saturated carbocycles. The summed E-state index contributed by atoms with van der Waals surface area (Å²) in [6.45, 7) is 1.75. The van der Waals surface area contributed by atoms with Gasteiger partial charge in [0.05, 0.1) is 20.8 Å². The summed E-state index contributed by atoms with van der Waals surface area (Å²) in [5, 5.41) is 0.554. The molecule has 1 N–H and O–H groups in total. The molecule has 2 aromatic carbocycles. The fourth-order valence-electron chi connectivity index (χ4n) is 1.63. The maximum atomic E-state index is 12.4. The summed E-state index contributed by atoms with van der Waals surface area (Å²) in [5.41, 5.74) is 0.845. The van der Waals surface area contributed by atoms with E-state index in [1.165, 1.54) is 12.1 Å². The van der Waals surface area contributed by atoms with Crippen LogP contribution in [0.15, 0.2) is 39.7 Å². The van der Waals surface area contributed by atoms with Crippen molar-refractivity contribution in [1.82, 2.24) is 0 Å². The second-order valence-corrected chi connectivity index (χ2v) is 7.99. The number of sulfonamides is 1. The molecule has 0 aliphatic carbocycles. The Morgan fingerprint density at radius 3 is 2.33 bits per heavy atom. The van der Waals surface area contributed by atoms with E-state index in [1.54, 1.807) is 25.1 Å². The Kier molecular flexibility index (Phi) is 5.11. The number of anilines is 1. The largest absolute Gasteiger partial charge is 0.277 e. The highest BCUT2D eigenvalue weighted by Crippen LogP contribution is 2.35. The minimum Gasteiger partial charge on any atom is -0.277 e. The number of nitrogens with one attached hydrogen (secondary N) is 1. The Hall–Kier alpha value is -0.460. The standard InChI is InChI=1S/C13H9BrCl3NO2S/c1-7-2-4-9(15)13(12(7)17)18-21(19,20)11-5-3-8(14)6-10(11)16/h2-6,18H,1H3. The van der Waals surface area contributed by atoms with E-state index >= 15 is 0 Å². The SMILES string of the molecule is Cc1ccc(Cl)c(NS(=O)(=O)c2ccc(Br)cc2Cl)c1Cl. The molecule has 2 rings (SSSR count). The first kappa shape index (κ1) is 16.9. The Morgan fingerprint density at radius 1 is 1.05 bits per heavy atom. The number of halogens is 4. The van der Waals surface area contributed by atoms with Gasteiger partial charge in [-0.3, -0.25) is 4.72 Å². The third-order valence-electron chi connectivity index (χ3n) is 2.70. The second-order valence-electron chi connectivity index (χ2n) is 4.23. The molecule has 0 radical (unpaired) electrons. The normalized spacial score (nSPS) is 11.5. The van der Waals surface area contributed by atoms with Gasteiger partial charge in [0.2, 0.25) is 0 Å². The van der Waals surface area contributed by atoms with E-state index in [0.29, 0.717) is 10.0 Å². The molecule has 3 nitrogen and oxygen atoms in total. The van der Waals surface area contributed by atoms with Crippen molar-refractivity contribution in [2.24, 2.45) is 0 Å². The second kappa shape index (κ2) is 6.34. The van der Waals surface area contributed by atoms with Crippen LogP contribution in [0.5, 0.6) is 0 Å². The molecule has 0 amide bonds. The zero-order valence-electron chi connectivity index (χ0n) is 10.6. The zero-order valence-corrected chi connectivity index (χ0v) is 15.3. The number of hydrogen-bond donors (Lipinski definition) is 1. The van der Waals surface area contributed by atoms with E-state index in [1.807, 2.05) is 0 Å². The first-order valence-electron chi connectivity index (χ1n) is 5.65. The molecule has 0 spiro atoms. The molecular formula is C13H9BrCl3NO2S. The van der Waals surface area contributed by atoms with Crippen LogP contribution >= 0.6 is 50.7 Å².